The molecule has 1 N–H and O–H groups in total. The molecule has 0 aromatic heterocycles. The number of hydrogen-bond donors (Lipinski definition) is 1. The number of ether oxygens (including phenoxy) is 3. The topological polar surface area (TPSA) is 60.0 Å². The Bertz CT molecular complexity index is 882. The molecule has 168 valence electrons. The first-order chi connectivity index (χ1) is 15.0. The number of rotatable bonds is 9. The monoisotopic (exact) mass is 426 g/mol. The minimum atomic E-state index is -0.0998. The predicted octanol–water partition coefficient (Wildman–Crippen LogP) is 3.65. The van der Waals surface area contributed by atoms with Gasteiger partial charge in [-0.15, -0.1) is 0 Å². The van der Waals surface area contributed by atoms with Crippen LogP contribution in [0.2, 0.25) is 0 Å². The molecular formula is C25H34N2O4. The van der Waals surface area contributed by atoms with Crippen molar-refractivity contribution in [1.82, 2.24) is 10.2 Å². The van der Waals surface area contributed by atoms with Crippen LogP contribution in [0.15, 0.2) is 36.4 Å². The highest BCUT2D eigenvalue weighted by Crippen LogP contribution is 2.40. The Balaban J connectivity index is 2.00. The Kier molecular flexibility index (Phi) is 7.93. The highest BCUT2D eigenvalue weighted by Gasteiger charge is 2.35. The van der Waals surface area contributed by atoms with Crippen molar-refractivity contribution in [2.45, 2.75) is 45.3 Å². The molecule has 2 unspecified atom stereocenters. The summed E-state index contributed by atoms with van der Waals surface area (Å²) in [4.78, 5) is 14.9. The van der Waals surface area contributed by atoms with Gasteiger partial charge < -0.3 is 19.5 Å². The second-order valence-electron chi connectivity index (χ2n) is 8.07. The molecule has 1 aliphatic rings. The van der Waals surface area contributed by atoms with Gasteiger partial charge in [0.25, 0.3) is 0 Å². The summed E-state index contributed by atoms with van der Waals surface area (Å²) >= 11 is 0. The first kappa shape index (κ1) is 23.1. The van der Waals surface area contributed by atoms with E-state index in [1.807, 2.05) is 0 Å². The maximum absolute atomic E-state index is 12.4. The van der Waals surface area contributed by atoms with Crippen LogP contribution in [0.5, 0.6) is 11.5 Å². The van der Waals surface area contributed by atoms with Crippen LogP contribution in [-0.2, 0) is 22.5 Å². The standard InChI is InChI=1S/C25H34N2O4/c1-6-21(26-24(28)16-29-3)25-20-14-23(31-5)22(30-4)13-19(20)11-12-27(25)15-18-9-7-17(2)8-10-18/h7-10,13-14,21,25H,6,11-12,15-16H2,1-5H3,(H,26,28). The quantitative estimate of drug-likeness (QED) is 0.663. The van der Waals surface area contributed by atoms with Gasteiger partial charge in [-0.05, 0) is 48.6 Å². The molecule has 0 radical (unpaired) electrons. The van der Waals surface area contributed by atoms with Crippen LogP contribution in [0.4, 0.5) is 0 Å². The van der Waals surface area contributed by atoms with Crippen LogP contribution < -0.4 is 14.8 Å². The van der Waals surface area contributed by atoms with E-state index >= 15 is 0 Å². The summed E-state index contributed by atoms with van der Waals surface area (Å²) in [6.07, 6.45) is 1.72. The summed E-state index contributed by atoms with van der Waals surface area (Å²) in [6, 6.07) is 12.8. The molecule has 1 aliphatic heterocycles. The van der Waals surface area contributed by atoms with Crippen molar-refractivity contribution in [1.29, 1.82) is 0 Å². The second kappa shape index (κ2) is 10.6. The maximum atomic E-state index is 12.4. The first-order valence-electron chi connectivity index (χ1n) is 10.8. The highest BCUT2D eigenvalue weighted by atomic mass is 16.5. The highest BCUT2D eigenvalue weighted by molar-refractivity contribution is 5.77. The molecule has 1 heterocycles. The fourth-order valence-electron chi connectivity index (χ4n) is 4.39. The van der Waals surface area contributed by atoms with Crippen LogP contribution in [-0.4, -0.2) is 51.3 Å². The normalized spacial score (nSPS) is 17.0. The number of carbonyl (C=O) groups excluding carboxylic acids is 1. The summed E-state index contributed by atoms with van der Waals surface area (Å²) in [5.74, 6) is 1.35. The molecule has 1 amide bonds. The van der Waals surface area contributed by atoms with Crippen LogP contribution in [0.1, 0.15) is 41.6 Å². The number of methoxy groups -OCH3 is 3. The lowest BCUT2D eigenvalue weighted by Gasteiger charge is -2.42. The lowest BCUT2D eigenvalue weighted by atomic mass is 9.86. The van der Waals surface area contributed by atoms with Crippen molar-refractivity contribution in [2.24, 2.45) is 0 Å². The summed E-state index contributed by atoms with van der Waals surface area (Å²) < 4.78 is 16.2. The molecule has 2 aromatic rings. The van der Waals surface area contributed by atoms with Gasteiger partial charge in [0.05, 0.1) is 20.3 Å². The van der Waals surface area contributed by atoms with Gasteiger partial charge in [0.1, 0.15) is 6.61 Å². The molecule has 0 fully saturated rings. The number of nitrogens with zero attached hydrogens (tertiary/aromatic N) is 1. The molecule has 2 aromatic carbocycles. The second-order valence-corrected chi connectivity index (χ2v) is 8.07. The van der Waals surface area contributed by atoms with Gasteiger partial charge in [0.15, 0.2) is 11.5 Å². The average molecular weight is 427 g/mol. The number of benzene rings is 2. The van der Waals surface area contributed by atoms with Gasteiger partial charge in [-0.25, -0.2) is 0 Å². The van der Waals surface area contributed by atoms with Gasteiger partial charge in [-0.2, -0.15) is 0 Å². The van der Waals surface area contributed by atoms with Crippen molar-refractivity contribution in [3.05, 3.63) is 58.7 Å². The number of carbonyl (C=O) groups is 1. The Morgan fingerprint density at radius 2 is 1.81 bits per heavy atom. The fourth-order valence-corrected chi connectivity index (χ4v) is 4.39. The molecular weight excluding hydrogens is 392 g/mol. The molecule has 0 aliphatic carbocycles. The lowest BCUT2D eigenvalue weighted by Crippen LogP contribution is -2.49. The third-order valence-corrected chi connectivity index (χ3v) is 5.97. The number of nitrogens with one attached hydrogen (secondary N) is 1. The van der Waals surface area contributed by atoms with Crippen LogP contribution in [0.3, 0.4) is 0 Å². The zero-order chi connectivity index (χ0) is 22.4. The largest absolute Gasteiger partial charge is 0.493 e. The summed E-state index contributed by atoms with van der Waals surface area (Å²) in [6.45, 7) is 5.98. The van der Waals surface area contributed by atoms with Crippen molar-refractivity contribution >= 4 is 5.91 Å². The van der Waals surface area contributed by atoms with Crippen LogP contribution >= 0.6 is 0 Å². The van der Waals surface area contributed by atoms with Gasteiger partial charge in [-0.3, -0.25) is 9.69 Å². The Morgan fingerprint density at radius 1 is 1.13 bits per heavy atom. The lowest BCUT2D eigenvalue weighted by molar-refractivity contribution is -0.126. The van der Waals surface area contributed by atoms with E-state index in [-0.39, 0.29) is 24.6 Å². The minimum Gasteiger partial charge on any atom is -0.493 e. The fraction of sp³-hybridized carbons (Fsp3) is 0.480. The van der Waals surface area contributed by atoms with E-state index in [0.29, 0.717) is 5.75 Å². The van der Waals surface area contributed by atoms with E-state index in [9.17, 15) is 4.79 Å². The van der Waals surface area contributed by atoms with E-state index in [1.54, 1.807) is 14.2 Å². The number of fused-ring (bicyclic) bond motifs is 1. The third kappa shape index (κ3) is 5.38. The molecule has 0 bridgehead atoms. The molecule has 2 atom stereocenters. The van der Waals surface area contributed by atoms with E-state index < -0.39 is 0 Å². The first-order valence-corrected chi connectivity index (χ1v) is 10.8. The average Bonchev–Trinajstić information content (AvgIpc) is 2.78. The van der Waals surface area contributed by atoms with E-state index in [1.165, 1.54) is 29.4 Å². The smallest absolute Gasteiger partial charge is 0.246 e. The molecule has 0 spiro atoms. The van der Waals surface area contributed by atoms with Crippen LogP contribution in [0.25, 0.3) is 0 Å². The van der Waals surface area contributed by atoms with E-state index in [0.717, 1.165) is 31.7 Å². The SMILES string of the molecule is CCC(NC(=O)COC)C1c2cc(OC)c(OC)cc2CCN1Cc1ccc(C)cc1. The van der Waals surface area contributed by atoms with Crippen LogP contribution in [0, 0.1) is 6.92 Å². The van der Waals surface area contributed by atoms with Crippen molar-refractivity contribution in [2.75, 3.05) is 34.5 Å². The number of amides is 1. The molecule has 0 saturated heterocycles. The summed E-state index contributed by atoms with van der Waals surface area (Å²) in [5.41, 5.74) is 4.93. The Hall–Kier alpha value is -2.57. The maximum Gasteiger partial charge on any atom is 0.246 e. The van der Waals surface area contributed by atoms with Gasteiger partial charge in [0, 0.05) is 26.2 Å². The van der Waals surface area contributed by atoms with Crippen molar-refractivity contribution in [3.8, 4) is 11.5 Å². The molecule has 31 heavy (non-hydrogen) atoms. The van der Waals surface area contributed by atoms with Gasteiger partial charge in [0.2, 0.25) is 5.91 Å². The van der Waals surface area contributed by atoms with E-state index in [4.69, 9.17) is 14.2 Å². The zero-order valence-corrected chi connectivity index (χ0v) is 19.2. The number of hydrogen-bond acceptors (Lipinski definition) is 5. The molecule has 6 nitrogen and oxygen atoms in total. The predicted molar refractivity (Wildman–Crippen MR) is 122 cm³/mol. The third-order valence-electron chi connectivity index (χ3n) is 5.97. The van der Waals surface area contributed by atoms with Gasteiger partial charge in [-0.1, -0.05) is 36.8 Å². The molecule has 0 saturated carbocycles. The van der Waals surface area contributed by atoms with Gasteiger partial charge >= 0.3 is 0 Å². The van der Waals surface area contributed by atoms with Crippen molar-refractivity contribution in [3.63, 3.8) is 0 Å². The minimum absolute atomic E-state index is 0.0238. The Morgan fingerprint density at radius 3 is 2.42 bits per heavy atom. The summed E-state index contributed by atoms with van der Waals surface area (Å²) in [5, 5.41) is 3.19. The van der Waals surface area contributed by atoms with E-state index in [2.05, 4.69) is 60.5 Å². The Labute approximate surface area is 185 Å². The number of aryl methyl sites for hydroxylation is 1. The van der Waals surface area contributed by atoms with Crippen molar-refractivity contribution < 1.29 is 19.0 Å². The zero-order valence-electron chi connectivity index (χ0n) is 19.2. The molecule has 6 heteroatoms. The summed E-state index contributed by atoms with van der Waals surface area (Å²) in [7, 11) is 4.86. The molecule has 3 rings (SSSR count).